The minimum Gasteiger partial charge on any atom is -0.492 e. The van der Waals surface area contributed by atoms with E-state index in [-0.39, 0.29) is 12.9 Å². The van der Waals surface area contributed by atoms with Crippen molar-refractivity contribution in [2.24, 2.45) is 0 Å². The zero-order valence-corrected chi connectivity index (χ0v) is 15.8. The Morgan fingerprint density at radius 3 is 2.46 bits per heavy atom. The number of benzene rings is 2. The van der Waals surface area contributed by atoms with Crippen LogP contribution < -0.4 is 10.1 Å². The standard InChI is InChI=1S/C19H19F4NO3S/c1-3-18(26)24-17-10-15(19-14(8-9-27-19)16(17)11-25)12-4-6-13(7-5-12)28(2,20,21,22)23/h3-7,10,25H,1,8-9,11H2,2H3,(H,24,26). The molecule has 1 aliphatic heterocycles. The molecule has 4 nitrogen and oxygen atoms in total. The molecule has 0 spiro atoms. The number of fused-ring (bicyclic) bond motifs is 1. The number of aliphatic hydroxyl groups is 1. The maximum Gasteiger partial charge on any atom is 0.247 e. The number of hydrogen-bond acceptors (Lipinski definition) is 3. The molecule has 2 aromatic rings. The van der Waals surface area contributed by atoms with Crippen molar-refractivity contribution < 1.29 is 30.2 Å². The second-order valence-electron chi connectivity index (χ2n) is 6.71. The molecular formula is C19H19F4NO3S. The summed E-state index contributed by atoms with van der Waals surface area (Å²) in [5.74, 6) is -0.0682. The van der Waals surface area contributed by atoms with Gasteiger partial charge in [-0.1, -0.05) is 18.7 Å². The monoisotopic (exact) mass is 417 g/mol. The molecule has 0 aliphatic carbocycles. The number of ether oxygens (including phenoxy) is 1. The lowest BCUT2D eigenvalue weighted by molar-refractivity contribution is -0.111. The first-order valence-corrected chi connectivity index (χ1v) is 10.8. The van der Waals surface area contributed by atoms with Crippen LogP contribution in [0.15, 0.2) is 47.9 Å². The first kappa shape index (κ1) is 20.2. The van der Waals surface area contributed by atoms with E-state index in [0.717, 1.165) is 18.2 Å². The van der Waals surface area contributed by atoms with E-state index in [4.69, 9.17) is 4.74 Å². The predicted molar refractivity (Wildman–Crippen MR) is 102 cm³/mol. The van der Waals surface area contributed by atoms with Gasteiger partial charge >= 0.3 is 0 Å². The zero-order chi connectivity index (χ0) is 20.8. The van der Waals surface area contributed by atoms with Crippen LogP contribution in [0, 0.1) is 0 Å². The van der Waals surface area contributed by atoms with E-state index in [2.05, 4.69) is 11.9 Å². The number of amides is 1. The first-order valence-electron chi connectivity index (χ1n) is 8.30. The Morgan fingerprint density at radius 1 is 1.29 bits per heavy atom. The number of nitrogens with one attached hydrogen (secondary N) is 1. The number of halogens is 4. The average Bonchev–Trinajstić information content (AvgIpc) is 3.08. The smallest absolute Gasteiger partial charge is 0.247 e. The maximum absolute atomic E-state index is 13.6. The molecule has 0 fully saturated rings. The van der Waals surface area contributed by atoms with E-state index < -0.39 is 20.6 Å². The van der Waals surface area contributed by atoms with Gasteiger partial charge in [-0.05, 0) is 29.8 Å². The molecule has 152 valence electrons. The molecule has 0 unspecified atom stereocenters. The quantitative estimate of drug-likeness (QED) is 0.512. The van der Waals surface area contributed by atoms with Gasteiger partial charge in [-0.15, -0.1) is 15.5 Å². The van der Waals surface area contributed by atoms with Crippen LogP contribution >= 0.6 is 9.84 Å². The van der Waals surface area contributed by atoms with Gasteiger partial charge in [-0.2, -0.15) is 0 Å². The van der Waals surface area contributed by atoms with Crippen molar-refractivity contribution in [3.05, 3.63) is 54.1 Å². The van der Waals surface area contributed by atoms with E-state index in [1.807, 2.05) is 0 Å². The highest BCUT2D eigenvalue weighted by Crippen LogP contribution is 2.98. The third-order valence-electron chi connectivity index (χ3n) is 4.45. The lowest BCUT2D eigenvalue weighted by Crippen LogP contribution is -2.11. The molecule has 0 bridgehead atoms. The Kier molecular flexibility index (Phi) is 4.32. The molecule has 28 heavy (non-hydrogen) atoms. The molecule has 0 atom stereocenters. The summed E-state index contributed by atoms with van der Waals surface area (Å²) < 4.78 is 60.0. The Labute approximate surface area is 159 Å². The van der Waals surface area contributed by atoms with Gasteiger partial charge < -0.3 is 15.2 Å². The third-order valence-corrected chi connectivity index (χ3v) is 5.91. The average molecular weight is 417 g/mol. The van der Waals surface area contributed by atoms with E-state index >= 15 is 0 Å². The molecule has 9 heteroatoms. The number of hydrogen-bond donors (Lipinski definition) is 2. The fourth-order valence-corrected chi connectivity index (χ4v) is 3.93. The minimum atomic E-state index is -8.27. The molecule has 2 N–H and O–H groups in total. The summed E-state index contributed by atoms with van der Waals surface area (Å²) in [5.41, 5.74) is 2.26. The van der Waals surface area contributed by atoms with Gasteiger partial charge in [0, 0.05) is 28.8 Å². The number of carbonyl (C=O) groups is 1. The molecule has 1 aliphatic rings. The van der Waals surface area contributed by atoms with Crippen LogP contribution in [0.3, 0.4) is 0 Å². The Hall–Kier alpha value is -2.52. The fourth-order valence-electron chi connectivity index (χ4n) is 3.11. The second kappa shape index (κ2) is 5.99. The van der Waals surface area contributed by atoms with Crippen LogP contribution in [0.2, 0.25) is 0 Å². The number of aliphatic hydroxyl groups excluding tert-OH is 1. The summed E-state index contributed by atoms with van der Waals surface area (Å²) in [6.07, 6.45) is 1.22. The SMILES string of the molecule is C=CC(=O)Nc1cc(-c2ccc(S(C)(F)(F)(F)F)cc2)c2c(c1CO)CCO2. The highest BCUT2D eigenvalue weighted by molar-refractivity contribution is 8.49. The maximum atomic E-state index is 13.6. The number of carbonyl (C=O) groups excluding carboxylic acids is 1. The van der Waals surface area contributed by atoms with E-state index in [1.165, 1.54) is 6.07 Å². The van der Waals surface area contributed by atoms with Crippen molar-refractivity contribution in [3.8, 4) is 16.9 Å². The Morgan fingerprint density at radius 2 is 1.93 bits per heavy atom. The molecule has 0 radical (unpaired) electrons. The molecule has 0 saturated carbocycles. The summed E-state index contributed by atoms with van der Waals surface area (Å²) in [6, 6.07) is 5.22. The van der Waals surface area contributed by atoms with Crippen molar-refractivity contribution in [2.75, 3.05) is 18.2 Å². The summed E-state index contributed by atoms with van der Waals surface area (Å²) in [6.45, 7) is 3.36. The molecular weight excluding hydrogens is 398 g/mol. The summed E-state index contributed by atoms with van der Waals surface area (Å²) in [7, 11) is -8.27. The van der Waals surface area contributed by atoms with Crippen LogP contribution in [-0.4, -0.2) is 23.9 Å². The molecule has 1 heterocycles. The van der Waals surface area contributed by atoms with Crippen LogP contribution in [-0.2, 0) is 17.8 Å². The largest absolute Gasteiger partial charge is 0.492 e. The molecule has 2 aromatic carbocycles. The van der Waals surface area contributed by atoms with Crippen molar-refractivity contribution in [1.82, 2.24) is 0 Å². The van der Waals surface area contributed by atoms with E-state index in [0.29, 0.717) is 58.9 Å². The lowest BCUT2D eigenvalue weighted by atomic mass is 9.95. The van der Waals surface area contributed by atoms with Gasteiger partial charge in [0.05, 0.1) is 24.4 Å². The summed E-state index contributed by atoms with van der Waals surface area (Å²) in [4.78, 5) is 10.4. The third kappa shape index (κ3) is 3.85. The Balaban J connectivity index is 2.15. The second-order valence-corrected chi connectivity index (χ2v) is 10.1. The van der Waals surface area contributed by atoms with Crippen molar-refractivity contribution in [2.45, 2.75) is 17.9 Å². The molecule has 3 rings (SSSR count). The zero-order valence-electron chi connectivity index (χ0n) is 15.0. The van der Waals surface area contributed by atoms with E-state index in [1.54, 1.807) is 0 Å². The van der Waals surface area contributed by atoms with Crippen molar-refractivity contribution in [3.63, 3.8) is 0 Å². The van der Waals surface area contributed by atoms with Crippen LogP contribution in [0.25, 0.3) is 11.1 Å². The van der Waals surface area contributed by atoms with Gasteiger partial charge in [0.25, 0.3) is 0 Å². The highest BCUT2D eigenvalue weighted by atomic mass is 32.5. The van der Waals surface area contributed by atoms with Crippen LogP contribution in [0.4, 0.5) is 21.2 Å². The topological polar surface area (TPSA) is 58.6 Å². The van der Waals surface area contributed by atoms with Gasteiger partial charge in [0.15, 0.2) is 9.84 Å². The van der Waals surface area contributed by atoms with Gasteiger partial charge in [0.1, 0.15) is 5.75 Å². The highest BCUT2D eigenvalue weighted by Gasteiger charge is 2.59. The van der Waals surface area contributed by atoms with E-state index in [9.17, 15) is 25.4 Å². The lowest BCUT2D eigenvalue weighted by Gasteiger charge is -2.46. The predicted octanol–water partition coefficient (Wildman–Crippen LogP) is 5.31. The van der Waals surface area contributed by atoms with Gasteiger partial charge in [0.2, 0.25) is 5.91 Å². The molecule has 1 amide bonds. The van der Waals surface area contributed by atoms with Gasteiger partial charge in [-0.3, -0.25) is 4.79 Å². The van der Waals surface area contributed by atoms with Gasteiger partial charge in [-0.25, -0.2) is 0 Å². The fraction of sp³-hybridized carbons (Fsp3) is 0.211. The van der Waals surface area contributed by atoms with Crippen molar-refractivity contribution >= 4 is 21.4 Å². The molecule has 0 aromatic heterocycles. The normalized spacial score (nSPS) is 15.8. The minimum absolute atomic E-state index is 0.313. The summed E-state index contributed by atoms with van der Waals surface area (Å²) >= 11 is 0. The van der Waals surface area contributed by atoms with Crippen LogP contribution in [0.5, 0.6) is 5.75 Å². The first-order chi connectivity index (χ1) is 12.8. The summed E-state index contributed by atoms with van der Waals surface area (Å²) in [5, 5.41) is 12.3. The van der Waals surface area contributed by atoms with Crippen molar-refractivity contribution in [1.29, 1.82) is 0 Å². The number of rotatable bonds is 5. The van der Waals surface area contributed by atoms with Crippen LogP contribution in [0.1, 0.15) is 11.1 Å². The Bertz CT molecular complexity index is 970. The molecule has 0 saturated heterocycles. The number of anilines is 1.